The second-order valence-electron chi connectivity index (χ2n) is 9.95. The number of hydrogen-bond acceptors (Lipinski definition) is 5. The molecule has 2 aromatic rings. The maximum Gasteiger partial charge on any atom is 0.272 e. The third-order valence-electron chi connectivity index (χ3n) is 6.67. The number of nitrogens with one attached hydrogen (secondary N) is 1. The largest absolute Gasteiger partial charge is 0.496 e. The van der Waals surface area contributed by atoms with Crippen LogP contribution in [0.25, 0.3) is 11.3 Å². The third-order valence-corrected chi connectivity index (χ3v) is 6.67. The van der Waals surface area contributed by atoms with Gasteiger partial charge in [-0.2, -0.15) is 5.10 Å². The second kappa shape index (κ2) is 12.6. The van der Waals surface area contributed by atoms with Gasteiger partial charge in [0, 0.05) is 19.0 Å². The molecule has 3 N–H and O–H groups in total. The van der Waals surface area contributed by atoms with E-state index < -0.39 is 5.91 Å². The molecule has 35 heavy (non-hydrogen) atoms. The molecule has 0 aliphatic heterocycles. The number of primary amides is 1. The number of carbonyl (C=O) groups excluding carboxylic acids is 2. The van der Waals surface area contributed by atoms with Gasteiger partial charge in [0.15, 0.2) is 5.69 Å². The Morgan fingerprint density at radius 1 is 1.14 bits per heavy atom. The first-order valence-corrected chi connectivity index (χ1v) is 12.7. The molecule has 1 unspecified atom stereocenters. The number of amides is 2. The van der Waals surface area contributed by atoms with Crippen molar-refractivity contribution in [1.82, 2.24) is 15.1 Å². The summed E-state index contributed by atoms with van der Waals surface area (Å²) in [6.45, 7) is 4.81. The van der Waals surface area contributed by atoms with Crippen molar-refractivity contribution >= 4 is 11.8 Å². The number of rotatable bonds is 12. The Kier molecular flexibility index (Phi) is 9.57. The van der Waals surface area contributed by atoms with Gasteiger partial charge in [0.05, 0.1) is 25.5 Å². The average molecular weight is 485 g/mol. The number of nitrogens with zero attached hydrogens (tertiary/aromatic N) is 2. The molecular weight excluding hydrogens is 444 g/mol. The summed E-state index contributed by atoms with van der Waals surface area (Å²) in [5.74, 6) is 1.52. The maximum absolute atomic E-state index is 13.3. The van der Waals surface area contributed by atoms with Crippen LogP contribution in [0.3, 0.4) is 0 Å². The van der Waals surface area contributed by atoms with E-state index in [2.05, 4.69) is 24.3 Å². The second-order valence-corrected chi connectivity index (χ2v) is 9.95. The fourth-order valence-corrected chi connectivity index (χ4v) is 4.96. The first-order chi connectivity index (χ1) is 16.8. The highest BCUT2D eigenvalue weighted by molar-refractivity contribution is 5.94. The summed E-state index contributed by atoms with van der Waals surface area (Å²) in [6.07, 6.45) is 8.12. The van der Waals surface area contributed by atoms with Crippen molar-refractivity contribution in [2.24, 2.45) is 17.6 Å². The van der Waals surface area contributed by atoms with E-state index in [-0.39, 0.29) is 18.4 Å². The first-order valence-electron chi connectivity index (χ1n) is 12.7. The van der Waals surface area contributed by atoms with Crippen molar-refractivity contribution < 1.29 is 19.1 Å². The lowest BCUT2D eigenvalue weighted by molar-refractivity contribution is -0.118. The summed E-state index contributed by atoms with van der Waals surface area (Å²) in [7, 11) is 3.21. The maximum atomic E-state index is 13.3. The smallest absolute Gasteiger partial charge is 0.272 e. The molecule has 0 spiro atoms. The van der Waals surface area contributed by atoms with Crippen LogP contribution < -0.4 is 20.5 Å². The molecule has 0 bridgehead atoms. The minimum Gasteiger partial charge on any atom is -0.496 e. The lowest BCUT2D eigenvalue weighted by Crippen LogP contribution is -2.38. The van der Waals surface area contributed by atoms with Gasteiger partial charge in [-0.3, -0.25) is 14.3 Å². The van der Waals surface area contributed by atoms with E-state index in [1.165, 1.54) is 32.1 Å². The highest BCUT2D eigenvalue weighted by Crippen LogP contribution is 2.39. The molecule has 8 nitrogen and oxygen atoms in total. The van der Waals surface area contributed by atoms with Gasteiger partial charge in [0.2, 0.25) is 5.91 Å². The third kappa shape index (κ3) is 7.23. The van der Waals surface area contributed by atoms with E-state index in [0.29, 0.717) is 35.6 Å². The van der Waals surface area contributed by atoms with Crippen molar-refractivity contribution in [3.8, 4) is 22.8 Å². The van der Waals surface area contributed by atoms with Crippen LogP contribution in [0.15, 0.2) is 24.3 Å². The summed E-state index contributed by atoms with van der Waals surface area (Å²) in [5, 5.41) is 7.67. The van der Waals surface area contributed by atoms with Crippen LogP contribution >= 0.6 is 0 Å². The lowest BCUT2D eigenvalue weighted by Gasteiger charge is -2.24. The Morgan fingerprint density at radius 2 is 1.80 bits per heavy atom. The average Bonchev–Trinajstić information content (AvgIpc) is 3.25. The Bertz CT molecular complexity index is 973. The highest BCUT2D eigenvalue weighted by Gasteiger charge is 2.24. The molecule has 1 saturated carbocycles. The molecule has 0 radical (unpaired) electrons. The Balaban J connectivity index is 1.85. The summed E-state index contributed by atoms with van der Waals surface area (Å²) >= 11 is 0. The van der Waals surface area contributed by atoms with Gasteiger partial charge < -0.3 is 20.5 Å². The molecule has 8 heteroatoms. The van der Waals surface area contributed by atoms with Gasteiger partial charge in [-0.1, -0.05) is 52.0 Å². The van der Waals surface area contributed by atoms with Crippen LogP contribution in [0.5, 0.6) is 11.5 Å². The van der Waals surface area contributed by atoms with Crippen molar-refractivity contribution in [3.05, 3.63) is 30.0 Å². The van der Waals surface area contributed by atoms with E-state index >= 15 is 0 Å². The van der Waals surface area contributed by atoms with Crippen LogP contribution in [-0.2, 0) is 11.3 Å². The molecule has 192 valence electrons. The molecule has 1 aliphatic rings. The SMILES string of the molecule is COc1cccc(OC)c1-c1cc(C(=O)NC(CCC2CCCCC2)CC(N)=O)nn1CC(C)C. The molecule has 2 amide bonds. The topological polar surface area (TPSA) is 108 Å². The molecule has 1 aromatic heterocycles. The molecule has 1 aromatic carbocycles. The number of carbonyl (C=O) groups is 2. The van der Waals surface area contributed by atoms with Crippen LogP contribution in [0.4, 0.5) is 0 Å². The normalized spacial score (nSPS) is 15.1. The van der Waals surface area contributed by atoms with Gasteiger partial charge in [0.1, 0.15) is 11.5 Å². The van der Waals surface area contributed by atoms with E-state index in [0.717, 1.165) is 24.1 Å². The number of methoxy groups -OCH3 is 2. The molecular formula is C27H40N4O4. The first kappa shape index (κ1) is 26.6. The number of hydrogen-bond donors (Lipinski definition) is 2. The Morgan fingerprint density at radius 3 is 2.37 bits per heavy atom. The summed E-state index contributed by atoms with van der Waals surface area (Å²) in [6, 6.07) is 7.04. The molecule has 1 fully saturated rings. The van der Waals surface area contributed by atoms with Crippen LogP contribution in [0.1, 0.15) is 75.7 Å². The van der Waals surface area contributed by atoms with E-state index in [4.69, 9.17) is 15.2 Å². The molecule has 1 heterocycles. The lowest BCUT2D eigenvalue weighted by atomic mass is 9.85. The van der Waals surface area contributed by atoms with Gasteiger partial charge >= 0.3 is 0 Å². The standard InChI is InChI=1S/C27H40N4O4/c1-18(2)17-31-22(26-23(34-3)11-8-12-24(26)35-4)16-21(30-31)27(33)29-20(15-25(28)32)14-13-19-9-6-5-7-10-19/h8,11-12,16,18-20H,5-7,9-10,13-15,17H2,1-4H3,(H2,28,32)(H,29,33). The zero-order valence-corrected chi connectivity index (χ0v) is 21.5. The van der Waals surface area contributed by atoms with Gasteiger partial charge in [-0.05, 0) is 42.9 Å². The fourth-order valence-electron chi connectivity index (χ4n) is 4.96. The monoisotopic (exact) mass is 484 g/mol. The zero-order chi connectivity index (χ0) is 25.4. The minimum absolute atomic E-state index is 0.123. The van der Waals surface area contributed by atoms with Gasteiger partial charge in [-0.25, -0.2) is 0 Å². The highest BCUT2D eigenvalue weighted by atomic mass is 16.5. The Hall–Kier alpha value is -3.03. The zero-order valence-electron chi connectivity index (χ0n) is 21.5. The van der Waals surface area contributed by atoms with Gasteiger partial charge in [0.25, 0.3) is 5.91 Å². The van der Waals surface area contributed by atoms with Crippen LogP contribution in [0.2, 0.25) is 0 Å². The van der Waals surface area contributed by atoms with E-state index in [9.17, 15) is 9.59 Å². The fraction of sp³-hybridized carbons (Fsp3) is 0.593. The molecule has 0 saturated heterocycles. The summed E-state index contributed by atoms with van der Waals surface area (Å²) in [4.78, 5) is 25.0. The van der Waals surface area contributed by atoms with Crippen LogP contribution in [-0.4, -0.2) is 41.9 Å². The number of benzene rings is 1. The number of aromatic nitrogens is 2. The molecule has 1 atom stereocenters. The van der Waals surface area contributed by atoms with Crippen molar-refractivity contribution in [3.63, 3.8) is 0 Å². The number of nitrogens with two attached hydrogens (primary N) is 1. The predicted octanol–water partition coefficient (Wildman–Crippen LogP) is 4.56. The summed E-state index contributed by atoms with van der Waals surface area (Å²) in [5.41, 5.74) is 7.28. The minimum atomic E-state index is -0.413. The predicted molar refractivity (Wildman–Crippen MR) is 136 cm³/mol. The van der Waals surface area contributed by atoms with Crippen molar-refractivity contribution in [2.45, 2.75) is 77.8 Å². The van der Waals surface area contributed by atoms with Crippen molar-refractivity contribution in [2.75, 3.05) is 14.2 Å². The van der Waals surface area contributed by atoms with Crippen LogP contribution in [0, 0.1) is 11.8 Å². The van der Waals surface area contributed by atoms with E-state index in [1.54, 1.807) is 20.3 Å². The van der Waals surface area contributed by atoms with Gasteiger partial charge in [-0.15, -0.1) is 0 Å². The molecule has 1 aliphatic carbocycles. The Labute approximate surface area is 208 Å². The molecule has 3 rings (SSSR count). The summed E-state index contributed by atoms with van der Waals surface area (Å²) < 4.78 is 13.0. The van der Waals surface area contributed by atoms with Crippen molar-refractivity contribution in [1.29, 1.82) is 0 Å². The number of ether oxygens (including phenoxy) is 2. The quantitative estimate of drug-likeness (QED) is 0.459. The van der Waals surface area contributed by atoms with E-state index in [1.807, 2.05) is 22.9 Å².